The van der Waals surface area contributed by atoms with Crippen molar-refractivity contribution in [1.82, 2.24) is 10.2 Å². The molecule has 2 N–H and O–H groups in total. The number of nitrogens with one attached hydrogen (secondary N) is 1. The molecule has 1 heterocycles. The maximum atomic E-state index is 13.2. The minimum absolute atomic E-state index is 0.347. The summed E-state index contributed by atoms with van der Waals surface area (Å²) in [6.07, 6.45) is 3.57. The van der Waals surface area contributed by atoms with Crippen molar-refractivity contribution in [3.8, 4) is 17.0 Å². The number of benzene rings is 2. The molecule has 0 bridgehead atoms. The van der Waals surface area contributed by atoms with Gasteiger partial charge < -0.3 is 5.11 Å². The molecule has 2 aromatic carbocycles. The van der Waals surface area contributed by atoms with Crippen molar-refractivity contribution in [1.29, 1.82) is 0 Å². The first kappa shape index (κ1) is 13.1. The minimum Gasteiger partial charge on any atom is -0.505 e. The Morgan fingerprint density at radius 2 is 1.81 bits per heavy atom. The lowest BCUT2D eigenvalue weighted by molar-refractivity contribution is 0.432. The van der Waals surface area contributed by atoms with Crippen LogP contribution in [0.5, 0.6) is 5.75 Å². The first-order valence-electron chi connectivity index (χ1n) is 6.50. The molecule has 3 nitrogen and oxygen atoms in total. The zero-order valence-corrected chi connectivity index (χ0v) is 11.1. The van der Waals surface area contributed by atoms with E-state index in [0.717, 1.165) is 17.0 Å². The molecule has 0 aliphatic rings. The molecule has 0 fully saturated rings. The summed E-state index contributed by atoms with van der Waals surface area (Å²) in [7, 11) is 0. The molecule has 0 spiro atoms. The predicted molar refractivity (Wildman–Crippen MR) is 81.0 cm³/mol. The molecule has 0 radical (unpaired) electrons. The van der Waals surface area contributed by atoms with Crippen LogP contribution in [0.25, 0.3) is 23.4 Å². The van der Waals surface area contributed by atoms with E-state index in [9.17, 15) is 4.39 Å². The van der Waals surface area contributed by atoms with E-state index in [-0.39, 0.29) is 5.75 Å². The van der Waals surface area contributed by atoms with Crippen molar-refractivity contribution in [3.63, 3.8) is 0 Å². The molecular formula is C17H13FN2O. The van der Waals surface area contributed by atoms with Crippen LogP contribution in [0.4, 0.5) is 4.39 Å². The number of aromatic hydroxyl groups is 1. The Bertz CT molecular complexity index is 778. The van der Waals surface area contributed by atoms with Crippen LogP contribution in [-0.4, -0.2) is 15.3 Å². The van der Waals surface area contributed by atoms with Gasteiger partial charge >= 0.3 is 0 Å². The Hall–Kier alpha value is -2.88. The van der Waals surface area contributed by atoms with E-state index in [4.69, 9.17) is 5.11 Å². The average molecular weight is 280 g/mol. The van der Waals surface area contributed by atoms with Gasteiger partial charge in [0.2, 0.25) is 0 Å². The molecule has 1 aromatic heterocycles. The molecular weight excluding hydrogens is 267 g/mol. The summed E-state index contributed by atoms with van der Waals surface area (Å²) >= 11 is 0. The monoisotopic (exact) mass is 280 g/mol. The number of phenols is 1. The topological polar surface area (TPSA) is 48.9 Å². The number of nitrogens with zero attached hydrogens (tertiary/aromatic N) is 1. The van der Waals surface area contributed by atoms with Gasteiger partial charge in [0.1, 0.15) is 0 Å². The van der Waals surface area contributed by atoms with E-state index >= 15 is 0 Å². The van der Waals surface area contributed by atoms with Gasteiger partial charge in [0.25, 0.3) is 0 Å². The fraction of sp³-hybridized carbons (Fsp3) is 0. The summed E-state index contributed by atoms with van der Waals surface area (Å²) in [6.45, 7) is 0. The van der Waals surface area contributed by atoms with E-state index in [0.29, 0.717) is 5.56 Å². The lowest BCUT2D eigenvalue weighted by Gasteiger charge is -1.96. The van der Waals surface area contributed by atoms with Crippen LogP contribution < -0.4 is 0 Å². The smallest absolute Gasteiger partial charge is 0.165 e. The number of aromatic nitrogens is 2. The van der Waals surface area contributed by atoms with Crippen molar-refractivity contribution in [2.45, 2.75) is 0 Å². The number of halogens is 1. The number of hydrogen-bond donors (Lipinski definition) is 2. The van der Waals surface area contributed by atoms with Crippen LogP contribution in [-0.2, 0) is 0 Å². The van der Waals surface area contributed by atoms with Crippen LogP contribution >= 0.6 is 0 Å². The second kappa shape index (κ2) is 5.63. The molecule has 104 valence electrons. The number of phenolic OH excluding ortho intramolecular Hbond substituents is 1. The van der Waals surface area contributed by atoms with Gasteiger partial charge in [0, 0.05) is 5.56 Å². The quantitative estimate of drug-likeness (QED) is 0.759. The standard InChI is InChI=1S/C17H13FN2O/c18-15-10-12(7-9-17(15)21)6-8-14-11-16(20-19-14)13-4-2-1-3-5-13/h1-11,21H,(H,19,20)/b8-6+. The van der Waals surface area contributed by atoms with Gasteiger partial charge in [-0.15, -0.1) is 0 Å². The highest BCUT2D eigenvalue weighted by molar-refractivity contribution is 5.71. The van der Waals surface area contributed by atoms with E-state index in [2.05, 4.69) is 10.2 Å². The maximum Gasteiger partial charge on any atom is 0.165 e. The summed E-state index contributed by atoms with van der Waals surface area (Å²) in [5, 5.41) is 16.3. The molecule has 21 heavy (non-hydrogen) atoms. The van der Waals surface area contributed by atoms with E-state index in [1.807, 2.05) is 42.5 Å². The zero-order chi connectivity index (χ0) is 14.7. The minimum atomic E-state index is -0.633. The lowest BCUT2D eigenvalue weighted by atomic mass is 10.1. The SMILES string of the molecule is Oc1ccc(/C=C/c2cc(-c3ccccc3)n[nH]2)cc1F. The van der Waals surface area contributed by atoms with Gasteiger partial charge in [0.15, 0.2) is 11.6 Å². The van der Waals surface area contributed by atoms with Crippen LogP contribution in [0.1, 0.15) is 11.3 Å². The molecule has 0 saturated heterocycles. The molecule has 0 saturated carbocycles. The van der Waals surface area contributed by atoms with Crippen LogP contribution in [0.2, 0.25) is 0 Å². The fourth-order valence-electron chi connectivity index (χ4n) is 1.99. The fourth-order valence-corrected chi connectivity index (χ4v) is 1.99. The van der Waals surface area contributed by atoms with Gasteiger partial charge in [-0.05, 0) is 29.8 Å². The van der Waals surface area contributed by atoms with Crippen molar-refractivity contribution in [2.75, 3.05) is 0 Å². The highest BCUT2D eigenvalue weighted by Gasteiger charge is 2.02. The van der Waals surface area contributed by atoms with Crippen molar-refractivity contribution in [2.24, 2.45) is 0 Å². The number of rotatable bonds is 3. The number of aromatic amines is 1. The van der Waals surface area contributed by atoms with Crippen LogP contribution in [0.15, 0.2) is 54.6 Å². The van der Waals surface area contributed by atoms with Gasteiger partial charge in [-0.2, -0.15) is 5.10 Å². The Labute approximate surface area is 121 Å². The van der Waals surface area contributed by atoms with Gasteiger partial charge in [-0.25, -0.2) is 4.39 Å². The summed E-state index contributed by atoms with van der Waals surface area (Å²) in [4.78, 5) is 0. The molecule has 0 unspecified atom stereocenters. The number of hydrogen-bond acceptors (Lipinski definition) is 2. The Kier molecular flexibility index (Phi) is 3.51. The second-order valence-corrected chi connectivity index (χ2v) is 4.62. The molecule has 0 amide bonds. The molecule has 0 atom stereocenters. The lowest BCUT2D eigenvalue weighted by Crippen LogP contribution is -1.78. The third-order valence-corrected chi connectivity index (χ3v) is 3.09. The molecule has 0 aliphatic heterocycles. The Morgan fingerprint density at radius 1 is 1.00 bits per heavy atom. The van der Waals surface area contributed by atoms with E-state index in [1.165, 1.54) is 12.1 Å². The normalized spacial score (nSPS) is 11.1. The van der Waals surface area contributed by atoms with Gasteiger partial charge in [0.05, 0.1) is 11.4 Å². The second-order valence-electron chi connectivity index (χ2n) is 4.62. The predicted octanol–water partition coefficient (Wildman–Crippen LogP) is 4.09. The van der Waals surface area contributed by atoms with E-state index < -0.39 is 5.82 Å². The van der Waals surface area contributed by atoms with E-state index in [1.54, 1.807) is 12.1 Å². The molecule has 4 heteroatoms. The molecule has 0 aliphatic carbocycles. The van der Waals surface area contributed by atoms with Gasteiger partial charge in [-0.3, -0.25) is 5.10 Å². The first-order chi connectivity index (χ1) is 10.2. The van der Waals surface area contributed by atoms with Crippen LogP contribution in [0, 0.1) is 5.82 Å². The van der Waals surface area contributed by atoms with Crippen molar-refractivity contribution >= 4 is 12.2 Å². The highest BCUT2D eigenvalue weighted by Crippen LogP contribution is 2.20. The number of H-pyrrole nitrogens is 1. The Morgan fingerprint density at radius 3 is 2.57 bits per heavy atom. The van der Waals surface area contributed by atoms with Crippen molar-refractivity contribution in [3.05, 3.63) is 71.7 Å². The third-order valence-electron chi connectivity index (χ3n) is 3.09. The third kappa shape index (κ3) is 3.00. The highest BCUT2D eigenvalue weighted by atomic mass is 19.1. The van der Waals surface area contributed by atoms with Crippen molar-refractivity contribution < 1.29 is 9.50 Å². The largest absolute Gasteiger partial charge is 0.505 e. The summed E-state index contributed by atoms with van der Waals surface area (Å²) in [6, 6.07) is 16.0. The molecule has 3 aromatic rings. The first-order valence-corrected chi connectivity index (χ1v) is 6.50. The maximum absolute atomic E-state index is 13.2. The average Bonchev–Trinajstić information content (AvgIpc) is 2.98. The van der Waals surface area contributed by atoms with Gasteiger partial charge in [-0.1, -0.05) is 42.5 Å². The Balaban J connectivity index is 1.81. The summed E-state index contributed by atoms with van der Waals surface area (Å²) < 4.78 is 13.2. The van der Waals surface area contributed by atoms with Crippen LogP contribution in [0.3, 0.4) is 0 Å². The summed E-state index contributed by atoms with van der Waals surface area (Å²) in [5.74, 6) is -0.980. The zero-order valence-electron chi connectivity index (χ0n) is 11.1. The summed E-state index contributed by atoms with van der Waals surface area (Å²) in [5.41, 5.74) is 3.37. The molecule has 3 rings (SSSR count).